The Labute approximate surface area is 111 Å². The number of rotatable bonds is 4. The molecule has 0 atom stereocenters. The van der Waals surface area contributed by atoms with Crippen LogP contribution in [0.5, 0.6) is 0 Å². The molecule has 3 rings (SSSR count). The van der Waals surface area contributed by atoms with Crippen LogP contribution in [0.3, 0.4) is 0 Å². The number of carbonyl (C=O) groups excluding carboxylic acids is 1. The van der Waals surface area contributed by atoms with E-state index < -0.39 is 0 Å². The molecule has 2 N–H and O–H groups in total. The highest BCUT2D eigenvalue weighted by atomic mass is 16.1. The van der Waals surface area contributed by atoms with Crippen molar-refractivity contribution in [2.75, 3.05) is 10.6 Å². The molecule has 5 nitrogen and oxygen atoms in total. The monoisotopic (exact) mass is 256 g/mol. The van der Waals surface area contributed by atoms with Crippen LogP contribution < -0.4 is 10.6 Å². The molecule has 0 bridgehead atoms. The molecule has 1 aliphatic rings. The van der Waals surface area contributed by atoms with Crippen molar-refractivity contribution >= 4 is 23.2 Å². The van der Waals surface area contributed by atoms with Crippen molar-refractivity contribution < 1.29 is 4.79 Å². The molecule has 1 aliphatic carbocycles. The molecular weight excluding hydrogens is 240 g/mol. The number of anilines is 3. The minimum Gasteiger partial charge on any atom is -0.326 e. The van der Waals surface area contributed by atoms with E-state index in [9.17, 15) is 4.79 Å². The fourth-order valence-corrected chi connectivity index (χ4v) is 2.06. The predicted molar refractivity (Wildman–Crippen MR) is 74.5 cm³/mol. The fraction of sp³-hybridized carbons (Fsp3) is 0.286. The zero-order valence-electron chi connectivity index (χ0n) is 10.8. The Morgan fingerprint density at radius 1 is 1.37 bits per heavy atom. The van der Waals surface area contributed by atoms with Crippen molar-refractivity contribution in [3.8, 4) is 0 Å². The normalized spacial score (nSPS) is 14.2. The second-order valence-electron chi connectivity index (χ2n) is 4.78. The predicted octanol–water partition coefficient (Wildman–Crippen LogP) is 2.92. The van der Waals surface area contributed by atoms with Crippen LogP contribution >= 0.6 is 0 Å². The van der Waals surface area contributed by atoms with E-state index >= 15 is 0 Å². The summed E-state index contributed by atoms with van der Waals surface area (Å²) >= 11 is 0. The Hall–Kier alpha value is -2.30. The second-order valence-corrected chi connectivity index (χ2v) is 4.78. The Morgan fingerprint density at radius 2 is 2.16 bits per heavy atom. The summed E-state index contributed by atoms with van der Waals surface area (Å²) in [5.41, 5.74) is 1.70. The van der Waals surface area contributed by atoms with Crippen LogP contribution in [0.25, 0.3) is 0 Å². The minimum atomic E-state index is -0.0726. The smallest absolute Gasteiger partial charge is 0.221 e. The van der Waals surface area contributed by atoms with Gasteiger partial charge in [0.05, 0.1) is 0 Å². The molecule has 1 aromatic heterocycles. The summed E-state index contributed by atoms with van der Waals surface area (Å²) in [4.78, 5) is 15.4. The fourth-order valence-electron chi connectivity index (χ4n) is 2.06. The lowest BCUT2D eigenvalue weighted by molar-refractivity contribution is -0.114. The third-order valence-electron chi connectivity index (χ3n) is 3.05. The molecule has 1 aromatic carbocycles. The molecule has 1 saturated carbocycles. The lowest BCUT2D eigenvalue weighted by Gasteiger charge is -2.10. The Balaban J connectivity index is 1.78. The van der Waals surface area contributed by atoms with E-state index in [0.29, 0.717) is 6.04 Å². The van der Waals surface area contributed by atoms with Gasteiger partial charge in [0.1, 0.15) is 0 Å². The standard InChI is InChI=1S/C14H16N4O/c1-10(19)16-11-3-2-4-12(9-11)17-14-15-7-8-18(14)13-5-6-13/h2-4,7-9,13H,5-6H2,1H3,(H,15,17)(H,16,19). The zero-order chi connectivity index (χ0) is 13.2. The van der Waals surface area contributed by atoms with Crippen LogP contribution in [0.15, 0.2) is 36.7 Å². The SMILES string of the molecule is CC(=O)Nc1cccc(Nc2nccn2C2CC2)c1. The third-order valence-corrected chi connectivity index (χ3v) is 3.05. The molecule has 0 spiro atoms. The number of benzene rings is 1. The van der Waals surface area contributed by atoms with Crippen LogP contribution in [-0.4, -0.2) is 15.5 Å². The largest absolute Gasteiger partial charge is 0.326 e. The van der Waals surface area contributed by atoms with Crippen molar-refractivity contribution in [2.45, 2.75) is 25.8 Å². The van der Waals surface area contributed by atoms with Crippen molar-refractivity contribution in [2.24, 2.45) is 0 Å². The molecule has 1 fully saturated rings. The summed E-state index contributed by atoms with van der Waals surface area (Å²) in [6.07, 6.45) is 6.24. The second kappa shape index (κ2) is 4.76. The first-order valence-corrected chi connectivity index (χ1v) is 6.40. The number of hydrogen-bond acceptors (Lipinski definition) is 3. The maximum atomic E-state index is 11.0. The summed E-state index contributed by atoms with van der Waals surface area (Å²) in [6, 6.07) is 8.20. The summed E-state index contributed by atoms with van der Waals surface area (Å²) in [5.74, 6) is 0.777. The number of imidazole rings is 1. The zero-order valence-corrected chi connectivity index (χ0v) is 10.8. The Morgan fingerprint density at radius 3 is 2.89 bits per heavy atom. The Bertz CT molecular complexity index is 601. The van der Waals surface area contributed by atoms with Gasteiger partial charge in [-0.15, -0.1) is 0 Å². The highest BCUT2D eigenvalue weighted by molar-refractivity contribution is 5.89. The molecule has 0 radical (unpaired) electrons. The first-order chi connectivity index (χ1) is 9.22. The van der Waals surface area contributed by atoms with Crippen LogP contribution in [0.4, 0.5) is 17.3 Å². The van der Waals surface area contributed by atoms with Crippen molar-refractivity contribution in [3.05, 3.63) is 36.7 Å². The summed E-state index contributed by atoms with van der Waals surface area (Å²) < 4.78 is 2.16. The van der Waals surface area contributed by atoms with Crippen molar-refractivity contribution in [1.29, 1.82) is 0 Å². The van der Waals surface area contributed by atoms with Crippen LogP contribution in [-0.2, 0) is 4.79 Å². The molecule has 0 aliphatic heterocycles. The topological polar surface area (TPSA) is 59.0 Å². The lowest BCUT2D eigenvalue weighted by Crippen LogP contribution is -2.06. The first-order valence-electron chi connectivity index (χ1n) is 6.40. The van der Waals surface area contributed by atoms with E-state index in [0.717, 1.165) is 17.3 Å². The maximum absolute atomic E-state index is 11.0. The number of carbonyl (C=O) groups is 1. The average Bonchev–Trinajstić information content (AvgIpc) is 3.10. The van der Waals surface area contributed by atoms with Gasteiger partial charge in [-0.2, -0.15) is 0 Å². The van der Waals surface area contributed by atoms with Gasteiger partial charge in [0.15, 0.2) is 0 Å². The number of hydrogen-bond donors (Lipinski definition) is 2. The highest BCUT2D eigenvalue weighted by Gasteiger charge is 2.25. The Kier molecular flexibility index (Phi) is 2.95. The van der Waals surface area contributed by atoms with Gasteiger partial charge in [-0.1, -0.05) is 6.07 Å². The molecular formula is C14H16N4O. The quantitative estimate of drug-likeness (QED) is 0.884. The lowest BCUT2D eigenvalue weighted by atomic mass is 10.3. The summed E-state index contributed by atoms with van der Waals surface area (Å²) in [6.45, 7) is 1.50. The van der Waals surface area contributed by atoms with Gasteiger partial charge in [-0.25, -0.2) is 4.98 Å². The van der Waals surface area contributed by atoms with Crippen molar-refractivity contribution in [3.63, 3.8) is 0 Å². The van der Waals surface area contributed by atoms with E-state index in [1.807, 2.05) is 30.5 Å². The van der Waals surface area contributed by atoms with Gasteiger partial charge >= 0.3 is 0 Å². The maximum Gasteiger partial charge on any atom is 0.221 e. The van der Waals surface area contributed by atoms with Gasteiger partial charge in [0, 0.05) is 36.7 Å². The van der Waals surface area contributed by atoms with Crippen LogP contribution in [0.1, 0.15) is 25.8 Å². The number of nitrogens with one attached hydrogen (secondary N) is 2. The van der Waals surface area contributed by atoms with E-state index in [4.69, 9.17) is 0 Å². The molecule has 1 heterocycles. The number of aromatic nitrogens is 2. The molecule has 19 heavy (non-hydrogen) atoms. The van der Waals surface area contributed by atoms with Gasteiger partial charge in [0.25, 0.3) is 0 Å². The first kappa shape index (κ1) is 11.8. The van der Waals surface area contributed by atoms with E-state index in [-0.39, 0.29) is 5.91 Å². The highest BCUT2D eigenvalue weighted by Crippen LogP contribution is 2.37. The van der Waals surface area contributed by atoms with Gasteiger partial charge in [-0.3, -0.25) is 4.79 Å². The molecule has 1 amide bonds. The van der Waals surface area contributed by atoms with Crippen molar-refractivity contribution in [1.82, 2.24) is 9.55 Å². The van der Waals surface area contributed by atoms with Crippen LogP contribution in [0.2, 0.25) is 0 Å². The summed E-state index contributed by atoms with van der Waals surface area (Å²) in [7, 11) is 0. The summed E-state index contributed by atoms with van der Waals surface area (Å²) in [5, 5.41) is 6.06. The van der Waals surface area contributed by atoms with Gasteiger partial charge in [-0.05, 0) is 31.0 Å². The molecule has 2 aromatic rings. The molecule has 0 saturated heterocycles. The van der Waals surface area contributed by atoms with E-state index in [1.165, 1.54) is 19.8 Å². The average molecular weight is 256 g/mol. The van der Waals surface area contributed by atoms with E-state index in [2.05, 4.69) is 20.2 Å². The third kappa shape index (κ3) is 2.76. The molecule has 5 heteroatoms. The number of nitrogens with zero attached hydrogens (tertiary/aromatic N) is 2. The van der Waals surface area contributed by atoms with Gasteiger partial charge < -0.3 is 15.2 Å². The molecule has 0 unspecified atom stereocenters. The minimum absolute atomic E-state index is 0.0726. The molecule has 98 valence electrons. The number of amides is 1. The van der Waals surface area contributed by atoms with Gasteiger partial charge in [0.2, 0.25) is 11.9 Å². The van der Waals surface area contributed by atoms with E-state index in [1.54, 1.807) is 6.20 Å². The van der Waals surface area contributed by atoms with Crippen LogP contribution in [0, 0.1) is 0 Å².